The Kier molecular flexibility index (Phi) is 6.37. The predicted molar refractivity (Wildman–Crippen MR) is 88.9 cm³/mol. The number of hydrogen-bond acceptors (Lipinski definition) is 1. The molecule has 0 saturated heterocycles. The van der Waals surface area contributed by atoms with Crippen LogP contribution in [0.3, 0.4) is 0 Å². The highest BCUT2D eigenvalue weighted by molar-refractivity contribution is 7.81. The van der Waals surface area contributed by atoms with Crippen molar-refractivity contribution in [3.63, 3.8) is 0 Å². The summed E-state index contributed by atoms with van der Waals surface area (Å²) in [6.07, 6.45) is -2.37. The highest BCUT2D eigenvalue weighted by Crippen LogP contribution is 2.57. The average Bonchev–Trinajstić information content (AvgIpc) is 2.23. The van der Waals surface area contributed by atoms with E-state index in [9.17, 15) is 13.2 Å². The van der Waals surface area contributed by atoms with Crippen LogP contribution in [-0.4, -0.2) is 10.9 Å². The second-order valence-corrected chi connectivity index (χ2v) is 9.59. The molecular formula is C17H33F3S. The van der Waals surface area contributed by atoms with Gasteiger partial charge in [0.2, 0.25) is 0 Å². The zero-order valence-corrected chi connectivity index (χ0v) is 15.8. The minimum Gasteiger partial charge on any atom is -0.173 e. The summed E-state index contributed by atoms with van der Waals surface area (Å²) < 4.78 is 40.3. The Morgan fingerprint density at radius 2 is 1.10 bits per heavy atom. The second kappa shape index (κ2) is 6.33. The van der Waals surface area contributed by atoms with E-state index < -0.39 is 11.6 Å². The van der Waals surface area contributed by atoms with E-state index in [1.807, 2.05) is 27.7 Å². The van der Waals surface area contributed by atoms with Gasteiger partial charge in [0.25, 0.3) is 0 Å². The van der Waals surface area contributed by atoms with Crippen LogP contribution in [0.1, 0.15) is 81.1 Å². The van der Waals surface area contributed by atoms with Crippen LogP contribution in [0, 0.1) is 16.2 Å². The Morgan fingerprint density at radius 3 is 1.33 bits per heavy atom. The first-order valence-corrected chi connectivity index (χ1v) is 8.27. The van der Waals surface area contributed by atoms with Gasteiger partial charge >= 0.3 is 6.18 Å². The molecule has 128 valence electrons. The van der Waals surface area contributed by atoms with Gasteiger partial charge in [-0.25, -0.2) is 0 Å². The molecule has 21 heavy (non-hydrogen) atoms. The SMILES string of the molecule is CCC(C)(CC(C)(CC)C(C)(C)CC(C)(C)S)C(F)(F)F. The molecule has 2 atom stereocenters. The maximum absolute atomic E-state index is 13.5. The normalized spacial score (nSPS) is 20.0. The number of thiol groups is 1. The van der Waals surface area contributed by atoms with Gasteiger partial charge < -0.3 is 0 Å². The van der Waals surface area contributed by atoms with Crippen molar-refractivity contribution >= 4 is 12.6 Å². The minimum absolute atomic E-state index is 0.117. The van der Waals surface area contributed by atoms with Gasteiger partial charge in [0.15, 0.2) is 0 Å². The van der Waals surface area contributed by atoms with E-state index in [-0.39, 0.29) is 28.4 Å². The molecule has 4 heteroatoms. The van der Waals surface area contributed by atoms with E-state index in [0.29, 0.717) is 0 Å². The largest absolute Gasteiger partial charge is 0.394 e. The molecule has 0 spiro atoms. The van der Waals surface area contributed by atoms with E-state index in [4.69, 9.17) is 0 Å². The molecule has 0 radical (unpaired) electrons. The smallest absolute Gasteiger partial charge is 0.173 e. The summed E-state index contributed by atoms with van der Waals surface area (Å²) in [6, 6.07) is 0. The first-order chi connectivity index (χ1) is 9.04. The first-order valence-electron chi connectivity index (χ1n) is 7.83. The molecule has 0 aliphatic rings. The highest BCUT2D eigenvalue weighted by Gasteiger charge is 2.55. The summed E-state index contributed by atoms with van der Waals surface area (Å²) in [5.41, 5.74) is -2.22. The summed E-state index contributed by atoms with van der Waals surface area (Å²) in [7, 11) is 0. The molecule has 0 heterocycles. The molecule has 0 aromatic rings. The fourth-order valence-corrected chi connectivity index (χ4v) is 3.82. The summed E-state index contributed by atoms with van der Waals surface area (Å²) in [5, 5.41) is 0. The molecule has 2 unspecified atom stereocenters. The van der Waals surface area contributed by atoms with Crippen LogP contribution < -0.4 is 0 Å². The third-order valence-corrected chi connectivity index (χ3v) is 5.69. The maximum atomic E-state index is 13.5. The monoisotopic (exact) mass is 326 g/mol. The molecule has 0 aromatic carbocycles. The lowest BCUT2D eigenvalue weighted by molar-refractivity contribution is -0.234. The fraction of sp³-hybridized carbons (Fsp3) is 1.00. The van der Waals surface area contributed by atoms with Gasteiger partial charge in [-0.05, 0) is 30.1 Å². The van der Waals surface area contributed by atoms with Gasteiger partial charge in [-0.15, -0.1) is 0 Å². The van der Waals surface area contributed by atoms with Crippen LogP contribution in [0.4, 0.5) is 13.2 Å². The molecule has 0 bridgehead atoms. The van der Waals surface area contributed by atoms with Crippen molar-refractivity contribution < 1.29 is 13.2 Å². The summed E-state index contributed by atoms with van der Waals surface area (Å²) in [6.45, 7) is 15.2. The molecule has 0 nitrogen and oxygen atoms in total. The van der Waals surface area contributed by atoms with Crippen LogP contribution in [0.25, 0.3) is 0 Å². The third kappa shape index (κ3) is 5.07. The van der Waals surface area contributed by atoms with E-state index in [2.05, 4.69) is 26.5 Å². The predicted octanol–water partition coefficient (Wildman–Crippen LogP) is 6.90. The maximum Gasteiger partial charge on any atom is 0.394 e. The number of hydrogen-bond donors (Lipinski definition) is 1. The molecule has 0 aliphatic heterocycles. The summed E-state index contributed by atoms with van der Waals surface area (Å²) in [5.74, 6) is 0. The minimum atomic E-state index is -4.16. The number of alkyl halides is 3. The molecule has 0 N–H and O–H groups in total. The molecular weight excluding hydrogens is 293 g/mol. The van der Waals surface area contributed by atoms with E-state index in [1.54, 1.807) is 6.92 Å². The van der Waals surface area contributed by atoms with Gasteiger partial charge in [0, 0.05) is 4.75 Å². The fourth-order valence-electron chi connectivity index (χ4n) is 3.42. The van der Waals surface area contributed by atoms with Crippen LogP contribution in [0.5, 0.6) is 0 Å². The van der Waals surface area contributed by atoms with Crippen LogP contribution in [0.15, 0.2) is 0 Å². The van der Waals surface area contributed by atoms with Crippen LogP contribution in [0.2, 0.25) is 0 Å². The van der Waals surface area contributed by atoms with Gasteiger partial charge in [0.1, 0.15) is 0 Å². The molecule has 0 rings (SSSR count). The standard InChI is InChI=1S/C17H33F3S/c1-9-15(7,13(3,4)11-14(5,6)21)12-16(8,10-2)17(18,19)20/h21H,9-12H2,1-8H3. The van der Waals surface area contributed by atoms with E-state index in [0.717, 1.165) is 12.8 Å². The molecule has 0 aromatic heterocycles. The number of halogens is 3. The lowest BCUT2D eigenvalue weighted by Gasteiger charge is -2.51. The average molecular weight is 327 g/mol. The van der Waals surface area contributed by atoms with Crippen molar-refractivity contribution in [1.29, 1.82) is 0 Å². The van der Waals surface area contributed by atoms with Gasteiger partial charge in [-0.3, -0.25) is 0 Å². The van der Waals surface area contributed by atoms with Crippen molar-refractivity contribution in [3.05, 3.63) is 0 Å². The van der Waals surface area contributed by atoms with Crippen molar-refractivity contribution in [2.24, 2.45) is 16.2 Å². The molecule has 0 fully saturated rings. The first kappa shape index (κ1) is 21.1. The van der Waals surface area contributed by atoms with Crippen molar-refractivity contribution in [2.45, 2.75) is 92.0 Å². The van der Waals surface area contributed by atoms with Crippen molar-refractivity contribution in [2.75, 3.05) is 0 Å². The summed E-state index contributed by atoms with van der Waals surface area (Å²) >= 11 is 4.59. The third-order valence-electron chi connectivity index (χ3n) is 5.53. The Morgan fingerprint density at radius 1 is 0.714 bits per heavy atom. The summed E-state index contributed by atoms with van der Waals surface area (Å²) in [4.78, 5) is 0. The zero-order valence-electron chi connectivity index (χ0n) is 14.9. The van der Waals surface area contributed by atoms with Gasteiger partial charge in [-0.2, -0.15) is 25.8 Å². The lowest BCUT2D eigenvalue weighted by Crippen LogP contribution is -2.46. The Hall–Kier alpha value is 0.140. The lowest BCUT2D eigenvalue weighted by atomic mass is 9.56. The van der Waals surface area contributed by atoms with Crippen molar-refractivity contribution in [3.8, 4) is 0 Å². The van der Waals surface area contributed by atoms with Gasteiger partial charge in [-0.1, -0.05) is 61.8 Å². The van der Waals surface area contributed by atoms with Crippen molar-refractivity contribution in [1.82, 2.24) is 0 Å². The van der Waals surface area contributed by atoms with E-state index in [1.165, 1.54) is 6.92 Å². The molecule has 0 amide bonds. The quantitative estimate of drug-likeness (QED) is 0.483. The molecule has 0 saturated carbocycles. The topological polar surface area (TPSA) is 0 Å². The Labute approximate surface area is 134 Å². The van der Waals surface area contributed by atoms with Crippen LogP contribution >= 0.6 is 12.6 Å². The number of rotatable bonds is 7. The molecule has 0 aliphatic carbocycles. The van der Waals surface area contributed by atoms with Crippen LogP contribution in [-0.2, 0) is 0 Å². The Bertz CT molecular complexity index is 341. The Balaban J connectivity index is 5.56. The second-order valence-electron chi connectivity index (χ2n) is 8.38. The highest BCUT2D eigenvalue weighted by atomic mass is 32.1. The van der Waals surface area contributed by atoms with Gasteiger partial charge in [0.05, 0.1) is 5.41 Å². The zero-order chi connectivity index (χ0) is 17.3. The van der Waals surface area contributed by atoms with E-state index >= 15 is 0 Å².